The van der Waals surface area contributed by atoms with Gasteiger partial charge < -0.3 is 9.64 Å². The van der Waals surface area contributed by atoms with Gasteiger partial charge >= 0.3 is 18.1 Å². The normalized spacial score (nSPS) is 18.6. The maximum Gasteiger partial charge on any atom is 0.471 e. The van der Waals surface area contributed by atoms with E-state index in [1.807, 2.05) is 25.1 Å². The van der Waals surface area contributed by atoms with Crippen molar-refractivity contribution < 1.29 is 27.5 Å². The summed E-state index contributed by atoms with van der Waals surface area (Å²) in [4.78, 5) is 26.8. The van der Waals surface area contributed by atoms with Crippen LogP contribution in [0.25, 0.3) is 6.08 Å². The van der Waals surface area contributed by atoms with Gasteiger partial charge in [0.2, 0.25) is 0 Å². The number of likely N-dealkylation sites (tertiary alicyclic amines) is 1. The highest BCUT2D eigenvalue weighted by molar-refractivity contribution is 5.89. The average Bonchev–Trinajstić information content (AvgIpc) is 3.70. The van der Waals surface area contributed by atoms with E-state index in [2.05, 4.69) is 48.2 Å². The number of esters is 1. The Morgan fingerprint density at radius 2 is 1.74 bits per heavy atom. The van der Waals surface area contributed by atoms with E-state index >= 15 is 0 Å². The van der Waals surface area contributed by atoms with E-state index in [4.69, 9.17) is 4.74 Å². The first-order valence-corrected chi connectivity index (χ1v) is 13.6. The summed E-state index contributed by atoms with van der Waals surface area (Å²) < 4.78 is 43.5. The van der Waals surface area contributed by atoms with Crippen LogP contribution < -0.4 is 0 Å². The molecule has 0 aromatic heterocycles. The molecule has 3 fully saturated rings. The molecule has 2 aliphatic carbocycles. The molecule has 8 heteroatoms. The van der Waals surface area contributed by atoms with Crippen molar-refractivity contribution >= 4 is 18.0 Å². The van der Waals surface area contributed by atoms with Crippen LogP contribution in [0.2, 0.25) is 0 Å². The number of ether oxygens (including phenoxy) is 1. The molecule has 3 aliphatic rings. The van der Waals surface area contributed by atoms with Gasteiger partial charge in [-0.15, -0.1) is 0 Å². The highest BCUT2D eigenvalue weighted by atomic mass is 19.4. The zero-order valence-electron chi connectivity index (χ0n) is 22.8. The molecule has 210 valence electrons. The number of benzene rings is 2. The third kappa shape index (κ3) is 7.10. The van der Waals surface area contributed by atoms with Crippen molar-refractivity contribution in [1.29, 1.82) is 0 Å². The number of aryl methyl sites for hydroxylation is 1. The van der Waals surface area contributed by atoms with Crippen LogP contribution in [0, 0.1) is 12.3 Å². The molecule has 1 heterocycles. The monoisotopic (exact) mass is 542 g/mol. The Kier molecular flexibility index (Phi) is 8.84. The number of carbonyl (C=O) groups excluding carboxylic acids is 2. The van der Waals surface area contributed by atoms with Gasteiger partial charge in [-0.05, 0) is 73.3 Å². The number of rotatable bonds is 7. The van der Waals surface area contributed by atoms with Crippen molar-refractivity contribution in [2.24, 2.45) is 5.41 Å². The molecule has 1 amide bonds. The van der Waals surface area contributed by atoms with E-state index in [0.29, 0.717) is 31.2 Å². The second-order valence-electron chi connectivity index (χ2n) is 11.0. The van der Waals surface area contributed by atoms with Gasteiger partial charge in [-0.3, -0.25) is 9.69 Å². The topological polar surface area (TPSA) is 49.9 Å². The number of alkyl halides is 3. The van der Waals surface area contributed by atoms with Crippen molar-refractivity contribution in [2.75, 3.05) is 20.2 Å². The number of halogens is 3. The number of carbonyl (C=O) groups is 2. The molecule has 0 bridgehead atoms. The van der Waals surface area contributed by atoms with Crippen LogP contribution in [0.15, 0.2) is 54.6 Å². The summed E-state index contributed by atoms with van der Waals surface area (Å²) in [5.74, 6) is -2.03. The lowest BCUT2D eigenvalue weighted by Gasteiger charge is -2.61. The minimum Gasteiger partial charge on any atom is -0.465 e. The lowest BCUT2D eigenvalue weighted by Crippen LogP contribution is -2.67. The molecule has 39 heavy (non-hydrogen) atoms. The Bertz CT molecular complexity index is 1180. The standard InChI is InChI=1S/C21H25F3N2O3.C10H12/c1-13-7-14(18(27)29-2)3-4-15(13)10-25-11-20(12-25)8-17(9-20)26(16-5-6-16)19(28)21(22,23)24;1-2-3-7-10-8-5-4-6-9-10/h3-4,7,16-17H,5-6,8-12H2,1-2H3;3-9H,2H2,1H3/b;7-3-. The number of hydrogen-bond donors (Lipinski definition) is 0. The van der Waals surface area contributed by atoms with Gasteiger partial charge in [-0.25, -0.2) is 4.79 Å². The second-order valence-corrected chi connectivity index (χ2v) is 11.0. The van der Waals surface area contributed by atoms with Crippen molar-refractivity contribution in [3.63, 3.8) is 0 Å². The quantitative estimate of drug-likeness (QED) is 0.380. The number of hydrogen-bond acceptors (Lipinski definition) is 4. The third-order valence-corrected chi connectivity index (χ3v) is 7.77. The van der Waals surface area contributed by atoms with Crippen LogP contribution in [-0.2, 0) is 16.1 Å². The highest BCUT2D eigenvalue weighted by Crippen LogP contribution is 2.53. The molecule has 2 aromatic carbocycles. The van der Waals surface area contributed by atoms with Gasteiger partial charge in [0.25, 0.3) is 0 Å². The van der Waals surface area contributed by atoms with Crippen LogP contribution in [0.1, 0.15) is 66.1 Å². The van der Waals surface area contributed by atoms with Crippen molar-refractivity contribution in [2.45, 2.75) is 70.8 Å². The zero-order chi connectivity index (χ0) is 28.2. The second kappa shape index (κ2) is 11.9. The molecule has 2 saturated carbocycles. The van der Waals surface area contributed by atoms with Crippen LogP contribution in [0.5, 0.6) is 0 Å². The number of amides is 1. The van der Waals surface area contributed by atoms with E-state index in [0.717, 1.165) is 42.1 Å². The lowest BCUT2D eigenvalue weighted by atomic mass is 9.60. The Labute approximate surface area is 228 Å². The van der Waals surface area contributed by atoms with Gasteiger partial charge in [0.15, 0.2) is 0 Å². The Morgan fingerprint density at radius 1 is 1.08 bits per heavy atom. The Morgan fingerprint density at radius 3 is 2.28 bits per heavy atom. The van der Waals surface area contributed by atoms with Crippen LogP contribution in [-0.4, -0.2) is 60.1 Å². The van der Waals surface area contributed by atoms with E-state index in [1.165, 1.54) is 12.7 Å². The summed E-state index contributed by atoms with van der Waals surface area (Å²) in [7, 11) is 1.35. The third-order valence-electron chi connectivity index (χ3n) is 7.77. The first-order chi connectivity index (χ1) is 18.5. The smallest absolute Gasteiger partial charge is 0.465 e. The molecule has 0 atom stereocenters. The largest absolute Gasteiger partial charge is 0.471 e. The molecule has 1 saturated heterocycles. The fraction of sp³-hybridized carbons (Fsp3) is 0.484. The molecule has 0 N–H and O–H groups in total. The number of nitrogens with zero attached hydrogens (tertiary/aromatic N) is 2. The molecule has 5 rings (SSSR count). The van der Waals surface area contributed by atoms with Gasteiger partial charge in [0, 0.05) is 31.7 Å². The van der Waals surface area contributed by atoms with Crippen LogP contribution in [0.3, 0.4) is 0 Å². The van der Waals surface area contributed by atoms with Crippen molar-refractivity contribution in [3.8, 4) is 0 Å². The molecule has 0 radical (unpaired) electrons. The van der Waals surface area contributed by atoms with E-state index in [9.17, 15) is 22.8 Å². The Hall–Kier alpha value is -3.13. The molecule has 1 spiro atoms. The van der Waals surface area contributed by atoms with Crippen molar-refractivity contribution in [3.05, 3.63) is 76.9 Å². The van der Waals surface area contributed by atoms with Gasteiger partial charge in [-0.2, -0.15) is 13.2 Å². The summed E-state index contributed by atoms with van der Waals surface area (Å²) in [6.07, 6.45) is 3.29. The maximum absolute atomic E-state index is 12.9. The summed E-state index contributed by atoms with van der Waals surface area (Å²) in [6, 6.07) is 15.3. The number of allylic oxidation sites excluding steroid dienone is 1. The average molecular weight is 543 g/mol. The van der Waals surface area contributed by atoms with Crippen LogP contribution >= 0.6 is 0 Å². The minimum atomic E-state index is -4.79. The predicted molar refractivity (Wildman–Crippen MR) is 145 cm³/mol. The minimum absolute atomic E-state index is 0.0452. The summed E-state index contributed by atoms with van der Waals surface area (Å²) >= 11 is 0. The molecule has 1 aliphatic heterocycles. The summed E-state index contributed by atoms with van der Waals surface area (Å²) in [5.41, 5.74) is 3.98. The van der Waals surface area contributed by atoms with E-state index in [1.54, 1.807) is 6.07 Å². The summed E-state index contributed by atoms with van der Waals surface area (Å²) in [5, 5.41) is 0. The fourth-order valence-corrected chi connectivity index (χ4v) is 5.71. The Balaban J connectivity index is 0.000000298. The van der Waals surface area contributed by atoms with Gasteiger partial charge in [0.05, 0.1) is 12.7 Å². The first kappa shape index (κ1) is 28.9. The predicted octanol–water partition coefficient (Wildman–Crippen LogP) is 6.41. The van der Waals surface area contributed by atoms with Crippen molar-refractivity contribution in [1.82, 2.24) is 9.80 Å². The zero-order valence-corrected chi connectivity index (χ0v) is 22.8. The molecule has 0 unspecified atom stereocenters. The van der Waals surface area contributed by atoms with Gasteiger partial charge in [-0.1, -0.05) is 55.5 Å². The summed E-state index contributed by atoms with van der Waals surface area (Å²) in [6.45, 7) is 6.50. The lowest BCUT2D eigenvalue weighted by molar-refractivity contribution is -0.197. The molecular formula is C31H37F3N2O3. The highest BCUT2D eigenvalue weighted by Gasteiger charge is 2.58. The maximum atomic E-state index is 12.9. The SMILES string of the molecule is CC/C=C\c1ccccc1.COC(=O)c1ccc(CN2CC3(CC(N(C(=O)C(F)(F)F)C4CC4)C3)C2)c(C)c1. The first-order valence-electron chi connectivity index (χ1n) is 13.6. The number of methoxy groups -OCH3 is 1. The van der Waals surface area contributed by atoms with Crippen LogP contribution in [0.4, 0.5) is 13.2 Å². The molecular weight excluding hydrogens is 505 g/mol. The molecule has 2 aromatic rings. The fourth-order valence-electron chi connectivity index (χ4n) is 5.71. The molecule has 5 nitrogen and oxygen atoms in total. The van der Waals surface area contributed by atoms with E-state index in [-0.39, 0.29) is 23.5 Å². The van der Waals surface area contributed by atoms with Gasteiger partial charge in [0.1, 0.15) is 0 Å². The van der Waals surface area contributed by atoms with E-state index < -0.39 is 12.1 Å².